The minimum Gasteiger partial charge on any atom is -0.490 e. The van der Waals surface area contributed by atoms with Gasteiger partial charge in [0.05, 0.1) is 12.0 Å². The highest BCUT2D eigenvalue weighted by molar-refractivity contribution is 5.80. The zero-order valence-corrected chi connectivity index (χ0v) is 11.8. The third-order valence-corrected chi connectivity index (χ3v) is 3.68. The van der Waals surface area contributed by atoms with Crippen LogP contribution in [0, 0.1) is 10.1 Å². The summed E-state index contributed by atoms with van der Waals surface area (Å²) in [4.78, 5) is 21.9. The van der Waals surface area contributed by atoms with E-state index >= 15 is 0 Å². The van der Waals surface area contributed by atoms with E-state index in [0.29, 0.717) is 18.6 Å². The van der Waals surface area contributed by atoms with Gasteiger partial charge in [-0.25, -0.2) is 0 Å². The van der Waals surface area contributed by atoms with Crippen LogP contribution in [0.5, 0.6) is 5.75 Å². The smallest absolute Gasteiger partial charge is 0.325 e. The molecular weight excluding hydrogens is 276 g/mol. The van der Waals surface area contributed by atoms with Crippen LogP contribution in [0.2, 0.25) is 0 Å². The standard InChI is InChI=1S/C14H18N2O5/c1-20-13(17)14(15)8-2-3-12(9-14)21-11-6-4-10(5-7-11)16(18)19/h4-7,12H,2-3,8-9,15H2,1H3. The van der Waals surface area contributed by atoms with E-state index in [1.54, 1.807) is 12.1 Å². The van der Waals surface area contributed by atoms with E-state index in [4.69, 9.17) is 15.2 Å². The molecule has 7 heteroatoms. The van der Waals surface area contributed by atoms with E-state index < -0.39 is 16.4 Å². The van der Waals surface area contributed by atoms with Crippen LogP contribution in [0.15, 0.2) is 24.3 Å². The SMILES string of the molecule is COC(=O)C1(N)CCCC(Oc2ccc([N+](=O)[O-])cc2)C1. The Labute approximate surface area is 122 Å². The van der Waals surface area contributed by atoms with Crippen LogP contribution in [-0.4, -0.2) is 29.6 Å². The number of ether oxygens (including phenoxy) is 2. The Bertz CT molecular complexity index is 531. The third-order valence-electron chi connectivity index (χ3n) is 3.68. The fourth-order valence-corrected chi connectivity index (χ4v) is 2.58. The van der Waals surface area contributed by atoms with Crippen molar-refractivity contribution >= 4 is 11.7 Å². The van der Waals surface area contributed by atoms with Crippen LogP contribution in [0.4, 0.5) is 5.69 Å². The fraction of sp³-hybridized carbons (Fsp3) is 0.500. The number of non-ortho nitro benzene ring substituents is 1. The highest BCUT2D eigenvalue weighted by Crippen LogP contribution is 2.30. The molecule has 2 rings (SSSR count). The molecule has 2 N–H and O–H groups in total. The van der Waals surface area contributed by atoms with Crippen molar-refractivity contribution in [2.75, 3.05) is 7.11 Å². The number of nitrogens with zero attached hydrogens (tertiary/aromatic N) is 1. The quantitative estimate of drug-likeness (QED) is 0.515. The van der Waals surface area contributed by atoms with Gasteiger partial charge in [0.2, 0.25) is 0 Å². The van der Waals surface area contributed by atoms with Gasteiger partial charge in [0, 0.05) is 18.6 Å². The number of carbonyl (C=O) groups is 1. The molecule has 7 nitrogen and oxygen atoms in total. The number of carbonyl (C=O) groups excluding carboxylic acids is 1. The van der Waals surface area contributed by atoms with Crippen LogP contribution in [0.1, 0.15) is 25.7 Å². The summed E-state index contributed by atoms with van der Waals surface area (Å²) in [5.41, 5.74) is 5.07. The topological polar surface area (TPSA) is 105 Å². The second-order valence-electron chi connectivity index (χ2n) is 5.23. The minimum absolute atomic E-state index is 0.00808. The molecule has 0 bridgehead atoms. The molecule has 2 unspecified atom stereocenters. The second-order valence-corrected chi connectivity index (χ2v) is 5.23. The molecule has 0 aromatic heterocycles. The first-order chi connectivity index (χ1) is 9.94. The molecule has 0 heterocycles. The molecule has 0 aliphatic heterocycles. The Hall–Kier alpha value is -2.15. The molecule has 1 aromatic carbocycles. The maximum atomic E-state index is 11.7. The minimum atomic E-state index is -1.02. The second kappa shape index (κ2) is 6.09. The van der Waals surface area contributed by atoms with E-state index in [2.05, 4.69) is 0 Å². The van der Waals surface area contributed by atoms with Gasteiger partial charge >= 0.3 is 5.97 Å². The summed E-state index contributed by atoms with van der Waals surface area (Å²) < 4.78 is 10.5. The number of rotatable bonds is 4. The first-order valence-corrected chi connectivity index (χ1v) is 6.73. The Kier molecular flexibility index (Phi) is 4.42. The van der Waals surface area contributed by atoms with Crippen molar-refractivity contribution < 1.29 is 19.2 Å². The van der Waals surface area contributed by atoms with Crippen LogP contribution >= 0.6 is 0 Å². The van der Waals surface area contributed by atoms with E-state index in [9.17, 15) is 14.9 Å². The van der Waals surface area contributed by atoms with Crippen molar-refractivity contribution in [3.63, 3.8) is 0 Å². The number of esters is 1. The highest BCUT2D eigenvalue weighted by Gasteiger charge is 2.41. The summed E-state index contributed by atoms with van der Waals surface area (Å²) in [5, 5.41) is 10.6. The van der Waals surface area contributed by atoms with E-state index in [1.165, 1.54) is 19.2 Å². The van der Waals surface area contributed by atoms with Gasteiger partial charge in [-0.1, -0.05) is 0 Å². The van der Waals surface area contributed by atoms with Crippen molar-refractivity contribution in [1.82, 2.24) is 0 Å². The van der Waals surface area contributed by atoms with Crippen molar-refractivity contribution in [1.29, 1.82) is 0 Å². The van der Waals surface area contributed by atoms with Crippen LogP contribution in [0.3, 0.4) is 0 Å². The van der Waals surface area contributed by atoms with Crippen molar-refractivity contribution in [2.45, 2.75) is 37.3 Å². The predicted molar refractivity (Wildman–Crippen MR) is 74.9 cm³/mol. The number of benzene rings is 1. The maximum absolute atomic E-state index is 11.7. The molecule has 2 atom stereocenters. The van der Waals surface area contributed by atoms with Gasteiger partial charge in [-0.15, -0.1) is 0 Å². The Morgan fingerprint density at radius 3 is 2.67 bits per heavy atom. The van der Waals surface area contributed by atoms with Crippen molar-refractivity contribution in [3.05, 3.63) is 34.4 Å². The van der Waals surface area contributed by atoms with Gasteiger partial charge in [0.25, 0.3) is 5.69 Å². The molecule has 1 aliphatic carbocycles. The van der Waals surface area contributed by atoms with Crippen molar-refractivity contribution in [2.24, 2.45) is 5.73 Å². The summed E-state index contributed by atoms with van der Waals surface area (Å²) in [6, 6.07) is 5.86. The number of hydrogen-bond acceptors (Lipinski definition) is 6. The lowest BCUT2D eigenvalue weighted by Crippen LogP contribution is -2.53. The van der Waals surface area contributed by atoms with Gasteiger partial charge in [0.1, 0.15) is 17.4 Å². The molecule has 0 radical (unpaired) electrons. The maximum Gasteiger partial charge on any atom is 0.325 e. The number of hydrogen-bond donors (Lipinski definition) is 1. The van der Waals surface area contributed by atoms with E-state index in [1.807, 2.05) is 0 Å². The molecule has 114 valence electrons. The molecule has 0 amide bonds. The molecule has 0 saturated heterocycles. The van der Waals surface area contributed by atoms with Crippen LogP contribution in [-0.2, 0) is 9.53 Å². The molecule has 0 spiro atoms. The lowest BCUT2D eigenvalue weighted by molar-refractivity contribution is -0.384. The van der Waals surface area contributed by atoms with Crippen LogP contribution < -0.4 is 10.5 Å². The Morgan fingerprint density at radius 2 is 2.10 bits per heavy atom. The summed E-state index contributed by atoms with van der Waals surface area (Å²) in [5.74, 6) is 0.0965. The van der Waals surface area contributed by atoms with Crippen molar-refractivity contribution in [3.8, 4) is 5.75 Å². The Balaban J connectivity index is 2.02. The average Bonchev–Trinajstić information content (AvgIpc) is 2.47. The molecule has 1 saturated carbocycles. The molecule has 1 aliphatic rings. The Morgan fingerprint density at radius 1 is 1.43 bits per heavy atom. The van der Waals surface area contributed by atoms with Gasteiger partial charge < -0.3 is 15.2 Å². The summed E-state index contributed by atoms with van der Waals surface area (Å²) in [6.45, 7) is 0. The van der Waals surface area contributed by atoms with Gasteiger partial charge in [-0.3, -0.25) is 14.9 Å². The molecule has 21 heavy (non-hydrogen) atoms. The van der Waals surface area contributed by atoms with Gasteiger partial charge in [-0.05, 0) is 31.4 Å². The zero-order valence-electron chi connectivity index (χ0n) is 11.8. The summed E-state index contributed by atoms with van der Waals surface area (Å²) >= 11 is 0. The fourth-order valence-electron chi connectivity index (χ4n) is 2.58. The lowest BCUT2D eigenvalue weighted by atomic mass is 9.81. The first kappa shape index (κ1) is 15.2. The van der Waals surface area contributed by atoms with Gasteiger partial charge in [0.15, 0.2) is 0 Å². The van der Waals surface area contributed by atoms with Gasteiger partial charge in [-0.2, -0.15) is 0 Å². The molecule has 1 aromatic rings. The number of methoxy groups -OCH3 is 1. The molecule has 1 fully saturated rings. The summed E-state index contributed by atoms with van der Waals surface area (Å²) in [7, 11) is 1.32. The average molecular weight is 294 g/mol. The predicted octanol–water partition coefficient (Wildman–Crippen LogP) is 1.79. The monoisotopic (exact) mass is 294 g/mol. The van der Waals surface area contributed by atoms with E-state index in [0.717, 1.165) is 12.8 Å². The first-order valence-electron chi connectivity index (χ1n) is 6.73. The van der Waals surface area contributed by atoms with E-state index in [-0.39, 0.29) is 11.8 Å². The molecular formula is C14H18N2O5. The van der Waals surface area contributed by atoms with Crippen LogP contribution in [0.25, 0.3) is 0 Å². The number of nitro benzene ring substituents is 1. The summed E-state index contributed by atoms with van der Waals surface area (Å²) in [6.07, 6.45) is 2.29. The lowest BCUT2D eigenvalue weighted by Gasteiger charge is -2.35. The number of nitrogens with two attached hydrogens (primary N) is 1. The normalized spacial score (nSPS) is 25.1. The third kappa shape index (κ3) is 3.49. The largest absolute Gasteiger partial charge is 0.490 e. The highest BCUT2D eigenvalue weighted by atomic mass is 16.6. The number of nitro groups is 1. The zero-order chi connectivity index (χ0) is 15.5.